The zero-order chi connectivity index (χ0) is 16.2. The molecule has 2 nitrogen and oxygen atoms in total. The SMILES string of the molecule is O=C(Oc1ccc(-c2ccc(Br)cc2)cc1Br)c1ccccc1. The minimum absolute atomic E-state index is 0.373. The molecule has 0 unspecified atom stereocenters. The van der Waals surface area contributed by atoms with Crippen LogP contribution in [0.5, 0.6) is 5.75 Å². The maximum atomic E-state index is 12.1. The van der Waals surface area contributed by atoms with Gasteiger partial charge in [0.05, 0.1) is 10.0 Å². The summed E-state index contributed by atoms with van der Waals surface area (Å²) in [7, 11) is 0. The van der Waals surface area contributed by atoms with Gasteiger partial charge in [0.15, 0.2) is 0 Å². The number of halogens is 2. The molecule has 4 heteroatoms. The van der Waals surface area contributed by atoms with Crippen LogP contribution in [0.15, 0.2) is 81.7 Å². The molecule has 3 rings (SSSR count). The molecule has 23 heavy (non-hydrogen) atoms. The lowest BCUT2D eigenvalue weighted by atomic mass is 10.1. The van der Waals surface area contributed by atoms with Gasteiger partial charge in [-0.05, 0) is 63.5 Å². The number of carbonyl (C=O) groups is 1. The summed E-state index contributed by atoms with van der Waals surface area (Å²) in [6.07, 6.45) is 0. The van der Waals surface area contributed by atoms with Crippen LogP contribution in [0, 0.1) is 0 Å². The number of benzene rings is 3. The van der Waals surface area contributed by atoms with Crippen molar-refractivity contribution in [2.45, 2.75) is 0 Å². The van der Waals surface area contributed by atoms with Crippen molar-refractivity contribution in [1.29, 1.82) is 0 Å². The van der Waals surface area contributed by atoms with Gasteiger partial charge in [-0.2, -0.15) is 0 Å². The molecular formula is C19H12Br2O2. The van der Waals surface area contributed by atoms with Crippen LogP contribution >= 0.6 is 31.9 Å². The van der Waals surface area contributed by atoms with Gasteiger partial charge in [0.2, 0.25) is 0 Å². The zero-order valence-corrected chi connectivity index (χ0v) is 15.2. The van der Waals surface area contributed by atoms with Gasteiger partial charge in [0.25, 0.3) is 0 Å². The Balaban J connectivity index is 1.82. The maximum absolute atomic E-state index is 12.1. The molecule has 0 N–H and O–H groups in total. The number of hydrogen-bond donors (Lipinski definition) is 0. The van der Waals surface area contributed by atoms with Crippen LogP contribution in [-0.4, -0.2) is 5.97 Å². The first-order valence-corrected chi connectivity index (χ1v) is 8.55. The van der Waals surface area contributed by atoms with Crippen LogP contribution in [0.4, 0.5) is 0 Å². The Hall–Kier alpha value is -1.91. The molecule has 0 spiro atoms. The molecule has 3 aromatic carbocycles. The lowest BCUT2D eigenvalue weighted by Crippen LogP contribution is -2.08. The normalized spacial score (nSPS) is 10.3. The van der Waals surface area contributed by atoms with Gasteiger partial charge in [-0.1, -0.05) is 52.3 Å². The van der Waals surface area contributed by atoms with E-state index in [1.54, 1.807) is 18.2 Å². The van der Waals surface area contributed by atoms with E-state index in [2.05, 4.69) is 31.9 Å². The number of esters is 1. The number of hydrogen-bond acceptors (Lipinski definition) is 2. The third-order valence-electron chi connectivity index (χ3n) is 3.32. The van der Waals surface area contributed by atoms with Crippen molar-refractivity contribution in [2.75, 3.05) is 0 Å². The largest absolute Gasteiger partial charge is 0.422 e. The minimum atomic E-state index is -0.373. The van der Waals surface area contributed by atoms with Crippen LogP contribution in [0.25, 0.3) is 11.1 Å². The third kappa shape index (κ3) is 3.89. The summed E-state index contributed by atoms with van der Waals surface area (Å²) in [5, 5.41) is 0. The predicted molar refractivity (Wildman–Crippen MR) is 98.7 cm³/mol. The molecule has 0 saturated heterocycles. The molecule has 3 aromatic rings. The van der Waals surface area contributed by atoms with Crippen molar-refractivity contribution < 1.29 is 9.53 Å². The second-order valence-corrected chi connectivity index (χ2v) is 6.68. The molecule has 0 fully saturated rings. The number of carbonyl (C=O) groups excluding carboxylic acids is 1. The van der Waals surface area contributed by atoms with E-state index in [9.17, 15) is 4.79 Å². The second kappa shape index (κ2) is 7.11. The van der Waals surface area contributed by atoms with Crippen molar-refractivity contribution in [3.8, 4) is 16.9 Å². The maximum Gasteiger partial charge on any atom is 0.343 e. The number of ether oxygens (including phenoxy) is 1. The topological polar surface area (TPSA) is 26.3 Å². The predicted octanol–water partition coefficient (Wildman–Crippen LogP) is 6.10. The fourth-order valence-electron chi connectivity index (χ4n) is 2.14. The van der Waals surface area contributed by atoms with Gasteiger partial charge in [0.1, 0.15) is 5.75 Å². The lowest BCUT2D eigenvalue weighted by molar-refractivity contribution is 0.0733. The summed E-state index contributed by atoms with van der Waals surface area (Å²) in [6, 6.07) is 22.6. The summed E-state index contributed by atoms with van der Waals surface area (Å²) < 4.78 is 7.22. The van der Waals surface area contributed by atoms with Gasteiger partial charge >= 0.3 is 5.97 Å². The average molecular weight is 432 g/mol. The highest BCUT2D eigenvalue weighted by atomic mass is 79.9. The molecule has 0 bridgehead atoms. The minimum Gasteiger partial charge on any atom is -0.422 e. The van der Waals surface area contributed by atoms with Gasteiger partial charge in [-0.25, -0.2) is 4.79 Å². The first-order valence-electron chi connectivity index (χ1n) is 6.96. The fraction of sp³-hybridized carbons (Fsp3) is 0. The molecule has 0 aliphatic carbocycles. The monoisotopic (exact) mass is 430 g/mol. The number of rotatable bonds is 3. The molecule has 0 heterocycles. The van der Waals surface area contributed by atoms with E-state index >= 15 is 0 Å². The molecule has 114 valence electrons. The van der Waals surface area contributed by atoms with Gasteiger partial charge in [0, 0.05) is 4.47 Å². The highest BCUT2D eigenvalue weighted by Crippen LogP contribution is 2.31. The van der Waals surface area contributed by atoms with E-state index in [0.29, 0.717) is 11.3 Å². The lowest BCUT2D eigenvalue weighted by Gasteiger charge is -2.09. The molecule has 0 aromatic heterocycles. The van der Waals surface area contributed by atoms with Gasteiger partial charge in [-0.15, -0.1) is 0 Å². The van der Waals surface area contributed by atoms with E-state index in [1.807, 2.05) is 54.6 Å². The van der Waals surface area contributed by atoms with E-state index in [4.69, 9.17) is 4.74 Å². The Morgan fingerprint density at radius 2 is 1.43 bits per heavy atom. The van der Waals surface area contributed by atoms with E-state index in [0.717, 1.165) is 20.1 Å². The molecule has 0 radical (unpaired) electrons. The Morgan fingerprint density at radius 3 is 2.09 bits per heavy atom. The first kappa shape index (κ1) is 16.0. The standard InChI is InChI=1S/C19H12Br2O2/c20-16-9-6-13(7-10-16)15-8-11-18(17(21)12-15)23-19(22)14-4-2-1-3-5-14/h1-12H. The van der Waals surface area contributed by atoms with Crippen LogP contribution < -0.4 is 4.74 Å². The Bertz CT molecular complexity index is 828. The van der Waals surface area contributed by atoms with Crippen molar-refractivity contribution >= 4 is 37.8 Å². The molecule has 0 aliphatic rings. The fourth-order valence-corrected chi connectivity index (χ4v) is 2.86. The average Bonchev–Trinajstić information content (AvgIpc) is 2.58. The molecule has 0 saturated carbocycles. The zero-order valence-electron chi connectivity index (χ0n) is 12.0. The van der Waals surface area contributed by atoms with Crippen molar-refractivity contribution in [1.82, 2.24) is 0 Å². The second-order valence-electron chi connectivity index (χ2n) is 4.91. The summed E-state index contributed by atoms with van der Waals surface area (Å²) >= 11 is 6.90. The van der Waals surface area contributed by atoms with Gasteiger partial charge < -0.3 is 4.74 Å². The van der Waals surface area contributed by atoms with Crippen LogP contribution in [0.1, 0.15) is 10.4 Å². The molecule has 0 amide bonds. The highest BCUT2D eigenvalue weighted by molar-refractivity contribution is 9.10. The molecule has 0 atom stereocenters. The first-order chi connectivity index (χ1) is 11.1. The Morgan fingerprint density at radius 1 is 0.783 bits per heavy atom. The smallest absolute Gasteiger partial charge is 0.343 e. The van der Waals surface area contributed by atoms with Crippen molar-refractivity contribution in [2.24, 2.45) is 0 Å². The molecular weight excluding hydrogens is 420 g/mol. The van der Waals surface area contributed by atoms with Crippen LogP contribution in [0.3, 0.4) is 0 Å². The Kier molecular flexibility index (Phi) is 4.94. The molecule has 0 aliphatic heterocycles. The quantitative estimate of drug-likeness (QED) is 0.370. The van der Waals surface area contributed by atoms with E-state index in [1.165, 1.54) is 0 Å². The van der Waals surface area contributed by atoms with Crippen LogP contribution in [-0.2, 0) is 0 Å². The Labute approximate surface area is 151 Å². The van der Waals surface area contributed by atoms with E-state index < -0.39 is 0 Å². The highest BCUT2D eigenvalue weighted by Gasteiger charge is 2.11. The summed E-state index contributed by atoms with van der Waals surface area (Å²) in [5.74, 6) is 0.127. The van der Waals surface area contributed by atoms with Gasteiger partial charge in [-0.3, -0.25) is 0 Å². The van der Waals surface area contributed by atoms with Crippen molar-refractivity contribution in [3.63, 3.8) is 0 Å². The summed E-state index contributed by atoms with van der Waals surface area (Å²) in [5.41, 5.74) is 2.66. The summed E-state index contributed by atoms with van der Waals surface area (Å²) in [6.45, 7) is 0. The summed E-state index contributed by atoms with van der Waals surface area (Å²) in [4.78, 5) is 12.1. The van der Waals surface area contributed by atoms with Crippen LogP contribution in [0.2, 0.25) is 0 Å². The van der Waals surface area contributed by atoms with E-state index in [-0.39, 0.29) is 5.97 Å². The van der Waals surface area contributed by atoms with Crippen molar-refractivity contribution in [3.05, 3.63) is 87.3 Å². The third-order valence-corrected chi connectivity index (χ3v) is 4.47.